The number of rotatable bonds is 4. The monoisotopic (exact) mass is 251 g/mol. The Labute approximate surface area is 109 Å². The van der Waals surface area contributed by atoms with Gasteiger partial charge in [0.05, 0.1) is 5.41 Å². The summed E-state index contributed by atoms with van der Waals surface area (Å²) in [6, 6.07) is 0. The van der Waals surface area contributed by atoms with Crippen LogP contribution in [0.15, 0.2) is 0 Å². The zero-order valence-corrected chi connectivity index (χ0v) is 11.2. The minimum Gasteiger partial charge on any atom is -0.340 e. The number of carbonyl (C=O) groups is 1. The van der Waals surface area contributed by atoms with E-state index in [2.05, 4.69) is 9.80 Å². The van der Waals surface area contributed by atoms with Crippen LogP contribution in [-0.4, -0.2) is 55.0 Å². The van der Waals surface area contributed by atoms with Crippen molar-refractivity contribution in [3.8, 4) is 0 Å². The zero-order chi connectivity index (χ0) is 12.6. The van der Waals surface area contributed by atoms with Gasteiger partial charge in [-0.2, -0.15) is 0 Å². The highest BCUT2D eigenvalue weighted by Crippen LogP contribution is 2.41. The van der Waals surface area contributed by atoms with Gasteiger partial charge in [0.2, 0.25) is 5.91 Å². The number of piperazine rings is 1. The van der Waals surface area contributed by atoms with E-state index in [0.29, 0.717) is 12.5 Å². The van der Waals surface area contributed by atoms with Crippen molar-refractivity contribution < 1.29 is 4.79 Å². The van der Waals surface area contributed by atoms with Crippen LogP contribution >= 0.6 is 0 Å². The van der Waals surface area contributed by atoms with Crippen molar-refractivity contribution in [3.63, 3.8) is 0 Å². The van der Waals surface area contributed by atoms with Gasteiger partial charge in [-0.05, 0) is 31.6 Å². The van der Waals surface area contributed by atoms with E-state index >= 15 is 0 Å². The topological polar surface area (TPSA) is 49.6 Å². The summed E-state index contributed by atoms with van der Waals surface area (Å²) in [5.74, 6) is 1.29. The smallest absolute Gasteiger partial charge is 0.230 e. The molecule has 1 amide bonds. The van der Waals surface area contributed by atoms with Gasteiger partial charge in [-0.3, -0.25) is 9.69 Å². The predicted molar refractivity (Wildman–Crippen MR) is 71.1 cm³/mol. The average Bonchev–Trinajstić information content (AvgIpc) is 3.13. The number of hydrogen-bond acceptors (Lipinski definition) is 3. The molecule has 2 N–H and O–H groups in total. The van der Waals surface area contributed by atoms with Gasteiger partial charge in [0, 0.05) is 39.3 Å². The van der Waals surface area contributed by atoms with Gasteiger partial charge in [-0.1, -0.05) is 6.42 Å². The normalized spacial score (nSPS) is 27.9. The van der Waals surface area contributed by atoms with Crippen LogP contribution in [0.2, 0.25) is 0 Å². The van der Waals surface area contributed by atoms with Crippen LogP contribution in [-0.2, 0) is 4.79 Å². The molecule has 0 aromatic rings. The lowest BCUT2D eigenvalue weighted by molar-refractivity contribution is -0.148. The van der Waals surface area contributed by atoms with Gasteiger partial charge in [-0.15, -0.1) is 0 Å². The summed E-state index contributed by atoms with van der Waals surface area (Å²) in [5.41, 5.74) is 5.64. The Morgan fingerprint density at radius 2 is 1.83 bits per heavy atom. The van der Waals surface area contributed by atoms with Crippen molar-refractivity contribution in [3.05, 3.63) is 0 Å². The third kappa shape index (κ3) is 2.28. The Balaban J connectivity index is 1.50. The first-order chi connectivity index (χ1) is 8.73. The van der Waals surface area contributed by atoms with Crippen molar-refractivity contribution in [1.29, 1.82) is 0 Å². The first-order valence-corrected chi connectivity index (χ1v) is 7.45. The van der Waals surface area contributed by atoms with Crippen molar-refractivity contribution in [2.24, 2.45) is 17.1 Å². The van der Waals surface area contributed by atoms with Crippen LogP contribution in [0.25, 0.3) is 0 Å². The van der Waals surface area contributed by atoms with E-state index in [1.807, 2.05) is 0 Å². The van der Waals surface area contributed by atoms with Crippen molar-refractivity contribution in [2.75, 3.05) is 39.3 Å². The quantitative estimate of drug-likeness (QED) is 0.799. The van der Waals surface area contributed by atoms with Gasteiger partial charge in [0.1, 0.15) is 0 Å². The van der Waals surface area contributed by atoms with E-state index in [1.54, 1.807) is 0 Å². The maximum absolute atomic E-state index is 12.5. The summed E-state index contributed by atoms with van der Waals surface area (Å²) >= 11 is 0. The van der Waals surface area contributed by atoms with E-state index in [9.17, 15) is 4.79 Å². The minimum absolute atomic E-state index is 0.182. The van der Waals surface area contributed by atoms with Crippen LogP contribution < -0.4 is 5.73 Å². The van der Waals surface area contributed by atoms with Crippen LogP contribution in [0.1, 0.15) is 32.1 Å². The Morgan fingerprint density at radius 3 is 2.28 bits per heavy atom. The number of hydrogen-bond donors (Lipinski definition) is 1. The number of nitrogens with two attached hydrogens (primary N) is 1. The Morgan fingerprint density at radius 1 is 1.17 bits per heavy atom. The summed E-state index contributed by atoms with van der Waals surface area (Å²) in [6.07, 6.45) is 6.00. The van der Waals surface area contributed by atoms with Gasteiger partial charge in [0.25, 0.3) is 0 Å². The molecule has 0 aromatic heterocycles. The minimum atomic E-state index is -0.182. The molecule has 0 radical (unpaired) electrons. The number of amides is 1. The van der Waals surface area contributed by atoms with Crippen LogP contribution in [0.3, 0.4) is 0 Å². The summed E-state index contributed by atoms with van der Waals surface area (Å²) in [5, 5.41) is 0. The Bertz CT molecular complexity index is 309. The van der Waals surface area contributed by atoms with Crippen LogP contribution in [0.4, 0.5) is 0 Å². The lowest BCUT2D eigenvalue weighted by atomic mass is 9.67. The number of nitrogens with zero attached hydrogens (tertiary/aromatic N) is 2. The molecule has 0 atom stereocenters. The van der Waals surface area contributed by atoms with Gasteiger partial charge < -0.3 is 10.6 Å². The fraction of sp³-hybridized carbons (Fsp3) is 0.929. The SMILES string of the molecule is NCC1(C(=O)N2CCN(CC3CC3)CC2)CCC1. The molecule has 2 aliphatic carbocycles. The molecule has 0 bridgehead atoms. The lowest BCUT2D eigenvalue weighted by Crippen LogP contribution is -2.57. The Hall–Kier alpha value is -0.610. The molecule has 102 valence electrons. The largest absolute Gasteiger partial charge is 0.340 e. The maximum atomic E-state index is 12.5. The molecule has 3 rings (SSSR count). The fourth-order valence-corrected chi connectivity index (χ4v) is 3.24. The lowest BCUT2D eigenvalue weighted by Gasteiger charge is -2.45. The standard InChI is InChI=1S/C14H25N3O/c15-11-14(4-1-5-14)13(18)17-8-6-16(7-9-17)10-12-2-3-12/h12H,1-11,15H2. The molecule has 4 nitrogen and oxygen atoms in total. The summed E-state index contributed by atoms with van der Waals surface area (Å²) in [7, 11) is 0. The molecule has 1 aliphatic heterocycles. The fourth-order valence-electron chi connectivity index (χ4n) is 3.24. The second-order valence-corrected chi connectivity index (χ2v) is 6.37. The maximum Gasteiger partial charge on any atom is 0.230 e. The molecule has 0 spiro atoms. The number of carbonyl (C=O) groups excluding carboxylic acids is 1. The highest BCUT2D eigenvalue weighted by molar-refractivity contribution is 5.84. The molecule has 4 heteroatoms. The second kappa shape index (κ2) is 4.82. The molecule has 3 fully saturated rings. The van der Waals surface area contributed by atoms with Crippen molar-refractivity contribution in [2.45, 2.75) is 32.1 Å². The van der Waals surface area contributed by atoms with Crippen molar-refractivity contribution in [1.82, 2.24) is 9.80 Å². The molecule has 0 aromatic carbocycles. The molecule has 3 aliphatic rings. The predicted octanol–water partition coefficient (Wildman–Crippen LogP) is 0.670. The van der Waals surface area contributed by atoms with Crippen LogP contribution in [0.5, 0.6) is 0 Å². The molecule has 1 heterocycles. The molecular weight excluding hydrogens is 226 g/mol. The third-order valence-corrected chi connectivity index (χ3v) is 5.03. The molecule has 1 saturated heterocycles. The van der Waals surface area contributed by atoms with Gasteiger partial charge >= 0.3 is 0 Å². The second-order valence-electron chi connectivity index (χ2n) is 6.37. The van der Waals surface area contributed by atoms with Crippen LogP contribution in [0, 0.1) is 11.3 Å². The third-order valence-electron chi connectivity index (χ3n) is 5.03. The zero-order valence-electron chi connectivity index (χ0n) is 11.2. The van der Waals surface area contributed by atoms with E-state index in [0.717, 1.165) is 44.9 Å². The van der Waals surface area contributed by atoms with E-state index in [4.69, 9.17) is 5.73 Å². The summed E-state index contributed by atoms with van der Waals surface area (Å²) in [6.45, 7) is 5.73. The first kappa shape index (κ1) is 12.4. The first-order valence-electron chi connectivity index (χ1n) is 7.45. The van der Waals surface area contributed by atoms with Gasteiger partial charge in [-0.25, -0.2) is 0 Å². The molecule has 18 heavy (non-hydrogen) atoms. The van der Waals surface area contributed by atoms with Crippen molar-refractivity contribution >= 4 is 5.91 Å². The molecular formula is C14H25N3O. The average molecular weight is 251 g/mol. The molecule has 2 saturated carbocycles. The van der Waals surface area contributed by atoms with E-state index < -0.39 is 0 Å². The highest BCUT2D eigenvalue weighted by Gasteiger charge is 2.45. The van der Waals surface area contributed by atoms with E-state index in [-0.39, 0.29) is 5.41 Å². The summed E-state index contributed by atoms with van der Waals surface area (Å²) < 4.78 is 0. The van der Waals surface area contributed by atoms with Gasteiger partial charge in [0.15, 0.2) is 0 Å². The molecule has 0 unspecified atom stereocenters. The summed E-state index contributed by atoms with van der Waals surface area (Å²) in [4.78, 5) is 17.1. The Kier molecular flexibility index (Phi) is 3.32. The van der Waals surface area contributed by atoms with E-state index in [1.165, 1.54) is 25.8 Å². The highest BCUT2D eigenvalue weighted by atomic mass is 16.2.